The molecule has 0 aliphatic carbocycles. The molecule has 0 unspecified atom stereocenters. The molecule has 6 heteroatoms. The van der Waals surface area contributed by atoms with Gasteiger partial charge in [-0.1, -0.05) is 0 Å². The van der Waals surface area contributed by atoms with Crippen molar-refractivity contribution in [2.24, 2.45) is 0 Å². The SMILES string of the molecule is CC(C)(C)OC(=O)N1CCCC[C@H]1CCOCC(=O)c1ccco1. The Morgan fingerprint density at radius 2 is 2.12 bits per heavy atom. The second-order valence-corrected chi connectivity index (χ2v) is 7.07. The molecule has 0 N–H and O–H groups in total. The number of ether oxygens (including phenoxy) is 2. The first kappa shape index (κ1) is 18.5. The standard InChI is InChI=1S/C18H27NO5/c1-18(2,3)24-17(21)19-10-5-4-7-14(19)9-12-22-13-15(20)16-8-6-11-23-16/h6,8,11,14H,4-5,7,9-10,12-13H2,1-3H3/t14-/m0/s1. The highest BCUT2D eigenvalue weighted by Gasteiger charge is 2.30. The number of nitrogens with zero attached hydrogens (tertiary/aromatic N) is 1. The molecule has 2 heterocycles. The molecule has 0 spiro atoms. The molecule has 1 aromatic heterocycles. The van der Waals surface area contributed by atoms with E-state index in [2.05, 4.69) is 0 Å². The van der Waals surface area contributed by atoms with Gasteiger partial charge in [0.25, 0.3) is 0 Å². The van der Waals surface area contributed by atoms with E-state index in [-0.39, 0.29) is 24.5 Å². The number of Topliss-reactive ketones (excluding diaryl/α,β-unsaturated/α-hetero) is 1. The number of hydrogen-bond donors (Lipinski definition) is 0. The molecule has 1 amide bonds. The van der Waals surface area contributed by atoms with Crippen LogP contribution in [0.2, 0.25) is 0 Å². The highest BCUT2D eigenvalue weighted by molar-refractivity contribution is 5.94. The number of amides is 1. The Balaban J connectivity index is 1.76. The van der Waals surface area contributed by atoms with Gasteiger partial charge in [0.05, 0.1) is 6.26 Å². The van der Waals surface area contributed by atoms with Crippen LogP contribution in [0.5, 0.6) is 0 Å². The maximum atomic E-state index is 12.3. The molecule has 0 saturated carbocycles. The lowest BCUT2D eigenvalue weighted by molar-refractivity contribution is 0.00452. The first-order valence-electron chi connectivity index (χ1n) is 8.51. The minimum Gasteiger partial charge on any atom is -0.461 e. The van der Waals surface area contributed by atoms with Gasteiger partial charge in [0.1, 0.15) is 12.2 Å². The van der Waals surface area contributed by atoms with Gasteiger partial charge < -0.3 is 18.8 Å². The molecular formula is C18H27NO5. The fraction of sp³-hybridized carbons (Fsp3) is 0.667. The summed E-state index contributed by atoms with van der Waals surface area (Å²) in [5, 5.41) is 0. The van der Waals surface area contributed by atoms with E-state index in [1.807, 2.05) is 20.8 Å². The molecule has 0 aromatic carbocycles. The normalized spacial score (nSPS) is 18.5. The number of piperidine rings is 1. The van der Waals surface area contributed by atoms with E-state index in [1.54, 1.807) is 17.0 Å². The van der Waals surface area contributed by atoms with Crippen molar-refractivity contribution in [3.8, 4) is 0 Å². The molecule has 2 rings (SSSR count). The lowest BCUT2D eigenvalue weighted by atomic mass is 10.0. The Kier molecular flexibility index (Phi) is 6.43. The average molecular weight is 337 g/mol. The van der Waals surface area contributed by atoms with E-state index in [0.29, 0.717) is 25.3 Å². The summed E-state index contributed by atoms with van der Waals surface area (Å²) in [4.78, 5) is 25.9. The van der Waals surface area contributed by atoms with E-state index >= 15 is 0 Å². The van der Waals surface area contributed by atoms with Crippen molar-refractivity contribution in [1.82, 2.24) is 4.90 Å². The Hall–Kier alpha value is -1.82. The summed E-state index contributed by atoms with van der Waals surface area (Å²) in [6.45, 7) is 6.74. The Morgan fingerprint density at radius 1 is 1.33 bits per heavy atom. The van der Waals surface area contributed by atoms with Crippen molar-refractivity contribution in [1.29, 1.82) is 0 Å². The van der Waals surface area contributed by atoms with Crippen LogP contribution in [-0.2, 0) is 9.47 Å². The Labute approximate surface area is 143 Å². The van der Waals surface area contributed by atoms with Gasteiger partial charge in [-0.15, -0.1) is 0 Å². The van der Waals surface area contributed by atoms with Crippen molar-refractivity contribution in [2.75, 3.05) is 19.8 Å². The van der Waals surface area contributed by atoms with E-state index < -0.39 is 5.60 Å². The number of carbonyl (C=O) groups excluding carboxylic acids is 2. The second-order valence-electron chi connectivity index (χ2n) is 7.07. The maximum absolute atomic E-state index is 12.3. The minimum absolute atomic E-state index is 0.00727. The molecule has 1 atom stereocenters. The quantitative estimate of drug-likeness (QED) is 0.585. The van der Waals surface area contributed by atoms with Gasteiger partial charge >= 0.3 is 6.09 Å². The van der Waals surface area contributed by atoms with Crippen LogP contribution in [0, 0.1) is 0 Å². The van der Waals surface area contributed by atoms with Crippen molar-refractivity contribution in [2.45, 2.75) is 58.1 Å². The molecule has 1 fully saturated rings. The molecule has 1 aliphatic heterocycles. The highest BCUT2D eigenvalue weighted by atomic mass is 16.6. The van der Waals surface area contributed by atoms with Crippen LogP contribution in [0.4, 0.5) is 4.79 Å². The zero-order valence-corrected chi connectivity index (χ0v) is 14.7. The van der Waals surface area contributed by atoms with E-state index in [1.165, 1.54) is 6.26 Å². The smallest absolute Gasteiger partial charge is 0.410 e. The maximum Gasteiger partial charge on any atom is 0.410 e. The number of carbonyl (C=O) groups is 2. The fourth-order valence-electron chi connectivity index (χ4n) is 2.75. The van der Waals surface area contributed by atoms with Crippen LogP contribution in [0.3, 0.4) is 0 Å². The third kappa shape index (κ3) is 5.67. The van der Waals surface area contributed by atoms with Gasteiger partial charge in [0.2, 0.25) is 5.78 Å². The van der Waals surface area contributed by atoms with Gasteiger partial charge in [-0.25, -0.2) is 4.79 Å². The van der Waals surface area contributed by atoms with Crippen LogP contribution < -0.4 is 0 Å². The summed E-state index contributed by atoms with van der Waals surface area (Å²) in [6, 6.07) is 3.40. The number of ketones is 1. The number of hydrogen-bond acceptors (Lipinski definition) is 5. The average Bonchev–Trinajstić information content (AvgIpc) is 3.04. The predicted octanol–water partition coefficient (Wildman–Crippen LogP) is 3.66. The summed E-state index contributed by atoms with van der Waals surface area (Å²) in [6.07, 6.45) is 4.93. The molecule has 1 aliphatic rings. The lowest BCUT2D eigenvalue weighted by Gasteiger charge is -2.36. The predicted molar refractivity (Wildman–Crippen MR) is 89.1 cm³/mol. The highest BCUT2D eigenvalue weighted by Crippen LogP contribution is 2.22. The van der Waals surface area contributed by atoms with E-state index in [9.17, 15) is 9.59 Å². The number of furan rings is 1. The van der Waals surface area contributed by atoms with Crippen molar-refractivity contribution < 1.29 is 23.5 Å². The van der Waals surface area contributed by atoms with Gasteiger partial charge in [-0.2, -0.15) is 0 Å². The molecular weight excluding hydrogens is 310 g/mol. The van der Waals surface area contributed by atoms with E-state index in [4.69, 9.17) is 13.9 Å². The third-order valence-electron chi connectivity index (χ3n) is 3.88. The summed E-state index contributed by atoms with van der Waals surface area (Å²) in [5.41, 5.74) is -0.495. The summed E-state index contributed by atoms with van der Waals surface area (Å²) < 4.78 is 16.0. The summed E-state index contributed by atoms with van der Waals surface area (Å²) in [7, 11) is 0. The van der Waals surface area contributed by atoms with Crippen molar-refractivity contribution in [3.05, 3.63) is 24.2 Å². The van der Waals surface area contributed by atoms with Gasteiger partial charge in [-0.05, 0) is 58.6 Å². The van der Waals surface area contributed by atoms with Crippen molar-refractivity contribution in [3.63, 3.8) is 0 Å². The molecule has 24 heavy (non-hydrogen) atoms. The van der Waals surface area contributed by atoms with Gasteiger partial charge in [0, 0.05) is 19.2 Å². The summed E-state index contributed by atoms with van der Waals surface area (Å²) >= 11 is 0. The van der Waals surface area contributed by atoms with Crippen LogP contribution in [0.25, 0.3) is 0 Å². The molecule has 1 aromatic rings. The fourth-order valence-corrected chi connectivity index (χ4v) is 2.75. The number of rotatable bonds is 6. The van der Waals surface area contributed by atoms with E-state index in [0.717, 1.165) is 19.3 Å². The monoisotopic (exact) mass is 337 g/mol. The van der Waals surface area contributed by atoms with Crippen LogP contribution >= 0.6 is 0 Å². The Bertz CT molecular complexity index is 532. The molecule has 0 radical (unpaired) electrons. The molecule has 1 saturated heterocycles. The number of likely N-dealkylation sites (tertiary alicyclic amines) is 1. The summed E-state index contributed by atoms with van der Waals surface area (Å²) in [5.74, 6) is 0.135. The van der Waals surface area contributed by atoms with Gasteiger partial charge in [0.15, 0.2) is 5.76 Å². The zero-order chi connectivity index (χ0) is 17.6. The third-order valence-corrected chi connectivity index (χ3v) is 3.88. The minimum atomic E-state index is -0.495. The topological polar surface area (TPSA) is 69.0 Å². The first-order chi connectivity index (χ1) is 11.4. The molecule has 134 valence electrons. The lowest BCUT2D eigenvalue weighted by Crippen LogP contribution is -2.46. The van der Waals surface area contributed by atoms with Crippen LogP contribution in [0.15, 0.2) is 22.8 Å². The second kappa shape index (κ2) is 8.33. The van der Waals surface area contributed by atoms with Crippen LogP contribution in [0.1, 0.15) is 57.0 Å². The largest absolute Gasteiger partial charge is 0.461 e. The molecule has 0 bridgehead atoms. The van der Waals surface area contributed by atoms with Crippen LogP contribution in [-0.4, -0.2) is 48.2 Å². The van der Waals surface area contributed by atoms with Gasteiger partial charge in [-0.3, -0.25) is 4.79 Å². The zero-order valence-electron chi connectivity index (χ0n) is 14.7. The van der Waals surface area contributed by atoms with Crippen molar-refractivity contribution >= 4 is 11.9 Å². The Morgan fingerprint density at radius 3 is 2.79 bits per heavy atom. The first-order valence-corrected chi connectivity index (χ1v) is 8.51. The molecule has 6 nitrogen and oxygen atoms in total.